The van der Waals surface area contributed by atoms with Crippen LogP contribution in [0.25, 0.3) is 10.9 Å². The molecule has 1 amide bonds. The Balaban J connectivity index is 2.29. The molecule has 18 heavy (non-hydrogen) atoms. The monoisotopic (exact) mass is 264 g/mol. The first-order valence-electron chi connectivity index (χ1n) is 5.52. The van der Waals surface area contributed by atoms with Gasteiger partial charge in [-0.1, -0.05) is 6.07 Å². The number of hydrogen-bond acceptors (Lipinski definition) is 3. The molecule has 2 rings (SSSR count). The van der Waals surface area contributed by atoms with Gasteiger partial charge in [-0.25, -0.2) is 4.39 Å². The number of nitrogens with two attached hydrogens (primary N) is 1. The summed E-state index contributed by atoms with van der Waals surface area (Å²) in [5.74, 6) is -0.0491. The van der Waals surface area contributed by atoms with Gasteiger partial charge in [-0.2, -0.15) is 0 Å². The lowest BCUT2D eigenvalue weighted by Gasteiger charge is -2.09. The van der Waals surface area contributed by atoms with Crippen LogP contribution < -0.4 is 5.73 Å². The Bertz CT molecular complexity index is 588. The van der Waals surface area contributed by atoms with Crippen molar-refractivity contribution in [2.24, 2.45) is 5.73 Å². The van der Waals surface area contributed by atoms with Crippen molar-refractivity contribution in [3.05, 3.63) is 41.8 Å². The molecule has 0 fully saturated rings. The molecule has 1 unspecified atom stereocenters. The number of aromatic nitrogens is 1. The second-order valence-corrected chi connectivity index (χ2v) is 5.29. The van der Waals surface area contributed by atoms with Gasteiger partial charge in [-0.3, -0.25) is 9.78 Å². The summed E-state index contributed by atoms with van der Waals surface area (Å²) in [4.78, 5) is 15.2. The molecule has 1 aromatic heterocycles. The summed E-state index contributed by atoms with van der Waals surface area (Å²) in [5, 5.41) is 0.233. The molecule has 0 saturated heterocycles. The summed E-state index contributed by atoms with van der Waals surface area (Å²) in [6, 6.07) is 6.53. The van der Waals surface area contributed by atoms with Crippen LogP contribution in [0.1, 0.15) is 12.5 Å². The van der Waals surface area contributed by atoms with Crippen molar-refractivity contribution in [3.63, 3.8) is 0 Å². The summed E-state index contributed by atoms with van der Waals surface area (Å²) in [7, 11) is 0. The highest BCUT2D eigenvalue weighted by atomic mass is 32.2. The van der Waals surface area contributed by atoms with Crippen molar-refractivity contribution < 1.29 is 9.18 Å². The van der Waals surface area contributed by atoms with Gasteiger partial charge >= 0.3 is 0 Å². The third kappa shape index (κ3) is 2.61. The molecule has 0 aliphatic carbocycles. The minimum Gasteiger partial charge on any atom is -0.369 e. The molecule has 5 heteroatoms. The van der Waals surface area contributed by atoms with E-state index in [9.17, 15) is 9.18 Å². The van der Waals surface area contributed by atoms with Gasteiger partial charge in [0.2, 0.25) is 5.91 Å². The molecule has 2 N–H and O–H groups in total. The molecule has 0 bridgehead atoms. The fraction of sp³-hybridized carbons (Fsp3) is 0.231. The van der Waals surface area contributed by atoms with E-state index in [-0.39, 0.29) is 17.0 Å². The maximum absolute atomic E-state index is 13.6. The highest BCUT2D eigenvalue weighted by Gasteiger charge is 2.12. The molecule has 3 nitrogen and oxygen atoms in total. The van der Waals surface area contributed by atoms with Crippen molar-refractivity contribution in [3.8, 4) is 0 Å². The number of halogens is 1. The van der Waals surface area contributed by atoms with Gasteiger partial charge in [-0.05, 0) is 30.7 Å². The molecule has 94 valence electrons. The largest absolute Gasteiger partial charge is 0.369 e. The number of primary amides is 1. The van der Waals surface area contributed by atoms with Gasteiger partial charge in [0.25, 0.3) is 0 Å². The fourth-order valence-electron chi connectivity index (χ4n) is 1.61. The lowest BCUT2D eigenvalue weighted by Crippen LogP contribution is -2.22. The molecule has 0 radical (unpaired) electrons. The minimum atomic E-state index is -0.348. The van der Waals surface area contributed by atoms with Gasteiger partial charge in [0, 0.05) is 17.3 Å². The Kier molecular flexibility index (Phi) is 3.81. The van der Waals surface area contributed by atoms with Crippen LogP contribution in [0.2, 0.25) is 0 Å². The summed E-state index contributed by atoms with van der Waals surface area (Å²) in [5.41, 5.74) is 6.75. The smallest absolute Gasteiger partial charge is 0.230 e. The maximum atomic E-state index is 13.6. The van der Waals surface area contributed by atoms with Crippen LogP contribution in [0, 0.1) is 5.82 Å². The van der Waals surface area contributed by atoms with Gasteiger partial charge < -0.3 is 5.73 Å². The number of benzene rings is 1. The Morgan fingerprint density at radius 2 is 2.28 bits per heavy atom. The predicted molar refractivity (Wildman–Crippen MR) is 71.7 cm³/mol. The van der Waals surface area contributed by atoms with Gasteiger partial charge in [0.1, 0.15) is 5.82 Å². The highest BCUT2D eigenvalue weighted by molar-refractivity contribution is 7.99. The molecule has 0 aliphatic heterocycles. The van der Waals surface area contributed by atoms with Crippen molar-refractivity contribution in [1.82, 2.24) is 4.98 Å². The second kappa shape index (κ2) is 5.35. The summed E-state index contributed by atoms with van der Waals surface area (Å²) < 4.78 is 13.6. The third-order valence-electron chi connectivity index (χ3n) is 2.69. The number of pyridine rings is 1. The Hall–Kier alpha value is -1.62. The molecule has 1 atom stereocenters. The highest BCUT2D eigenvalue weighted by Crippen LogP contribution is 2.25. The zero-order valence-corrected chi connectivity index (χ0v) is 10.7. The Morgan fingerprint density at radius 3 is 3.00 bits per heavy atom. The Morgan fingerprint density at radius 1 is 1.50 bits per heavy atom. The number of carbonyl (C=O) groups is 1. The van der Waals surface area contributed by atoms with Crippen LogP contribution in [-0.4, -0.2) is 16.1 Å². The molecular formula is C13H13FN2OS. The van der Waals surface area contributed by atoms with E-state index in [2.05, 4.69) is 4.98 Å². The average molecular weight is 264 g/mol. The van der Waals surface area contributed by atoms with Crippen LogP contribution >= 0.6 is 11.8 Å². The zero-order valence-electron chi connectivity index (χ0n) is 9.89. The van der Waals surface area contributed by atoms with Crippen LogP contribution in [0.3, 0.4) is 0 Å². The zero-order chi connectivity index (χ0) is 13.1. The first kappa shape index (κ1) is 12.8. The van der Waals surface area contributed by atoms with E-state index in [0.717, 1.165) is 5.56 Å². The van der Waals surface area contributed by atoms with Crippen molar-refractivity contribution in [2.45, 2.75) is 17.9 Å². The molecule has 0 spiro atoms. The van der Waals surface area contributed by atoms with E-state index < -0.39 is 0 Å². The average Bonchev–Trinajstić information content (AvgIpc) is 2.38. The lowest BCUT2D eigenvalue weighted by molar-refractivity contribution is -0.117. The van der Waals surface area contributed by atoms with E-state index in [1.54, 1.807) is 31.3 Å². The van der Waals surface area contributed by atoms with Crippen LogP contribution in [-0.2, 0) is 10.5 Å². The normalized spacial score (nSPS) is 12.6. The van der Waals surface area contributed by atoms with E-state index in [1.807, 2.05) is 0 Å². The van der Waals surface area contributed by atoms with Gasteiger partial charge in [0.05, 0.1) is 10.8 Å². The number of thioether (sulfide) groups is 1. The van der Waals surface area contributed by atoms with E-state index >= 15 is 0 Å². The van der Waals surface area contributed by atoms with Gasteiger partial charge in [0.15, 0.2) is 0 Å². The number of hydrogen-bond donors (Lipinski definition) is 1. The van der Waals surface area contributed by atoms with Crippen molar-refractivity contribution in [2.75, 3.05) is 0 Å². The number of nitrogens with zero attached hydrogens (tertiary/aromatic N) is 1. The third-order valence-corrected chi connectivity index (χ3v) is 3.90. The summed E-state index contributed by atoms with van der Waals surface area (Å²) in [6.45, 7) is 1.76. The second-order valence-electron chi connectivity index (χ2n) is 3.96. The van der Waals surface area contributed by atoms with E-state index in [0.29, 0.717) is 16.7 Å². The summed E-state index contributed by atoms with van der Waals surface area (Å²) in [6.07, 6.45) is 1.63. The van der Waals surface area contributed by atoms with Crippen LogP contribution in [0.4, 0.5) is 4.39 Å². The number of fused-ring (bicyclic) bond motifs is 1. The molecule has 1 heterocycles. The lowest BCUT2D eigenvalue weighted by atomic mass is 10.1. The SMILES string of the molecule is CC(SCc1ccc(F)c2cccnc12)C(N)=O. The van der Waals surface area contributed by atoms with Crippen LogP contribution in [0.15, 0.2) is 30.5 Å². The van der Waals surface area contributed by atoms with E-state index in [4.69, 9.17) is 5.73 Å². The molecule has 1 aromatic carbocycles. The first-order valence-corrected chi connectivity index (χ1v) is 6.57. The van der Waals surface area contributed by atoms with E-state index in [1.165, 1.54) is 17.8 Å². The number of rotatable bonds is 4. The Labute approximate surface area is 109 Å². The first-order chi connectivity index (χ1) is 8.59. The van der Waals surface area contributed by atoms with Crippen molar-refractivity contribution >= 4 is 28.6 Å². The predicted octanol–water partition coefficient (Wildman–Crippen LogP) is 2.48. The molecular weight excluding hydrogens is 251 g/mol. The fourth-order valence-corrected chi connectivity index (χ4v) is 2.44. The van der Waals surface area contributed by atoms with Gasteiger partial charge in [-0.15, -0.1) is 11.8 Å². The standard InChI is InChI=1S/C13H13FN2OS/c1-8(13(15)17)18-7-9-4-5-11(14)10-3-2-6-16-12(9)10/h2-6,8H,7H2,1H3,(H2,15,17). The number of amides is 1. The van der Waals surface area contributed by atoms with Crippen molar-refractivity contribution in [1.29, 1.82) is 0 Å². The maximum Gasteiger partial charge on any atom is 0.230 e. The molecule has 0 saturated carbocycles. The molecule has 0 aliphatic rings. The number of carbonyl (C=O) groups excluding carboxylic acids is 1. The molecule has 2 aromatic rings. The minimum absolute atomic E-state index is 0.270. The summed E-state index contributed by atoms with van der Waals surface area (Å²) >= 11 is 1.42. The topological polar surface area (TPSA) is 56.0 Å². The van der Waals surface area contributed by atoms with Crippen LogP contribution in [0.5, 0.6) is 0 Å². The quantitative estimate of drug-likeness (QED) is 0.923.